The lowest BCUT2D eigenvalue weighted by Gasteiger charge is -2.20. The van der Waals surface area contributed by atoms with E-state index >= 15 is 0 Å². The Hall–Kier alpha value is -7.63. The molecule has 67 heavy (non-hydrogen) atoms. The SMILES string of the molecule is Cc1cc(C)c(Nc2ccc3c(-c4ccccc4S(=O)(=O)O)c4cc/c(=N\c5c(C)c(NC(=O)Oc6ccccc6)c(C)c(S(=O)O)c5C)cc-4oc3c2)c(C)c1NC(=O)Oc1ccccc1. The van der Waals surface area contributed by atoms with Gasteiger partial charge >= 0.3 is 12.2 Å². The summed E-state index contributed by atoms with van der Waals surface area (Å²) in [5, 5.41) is 9.99. The average molecular weight is 937 g/mol. The fourth-order valence-corrected chi connectivity index (χ4v) is 9.73. The first-order chi connectivity index (χ1) is 32.0. The van der Waals surface area contributed by atoms with Crippen molar-refractivity contribution < 1.29 is 45.2 Å². The quantitative estimate of drug-likeness (QED) is 0.0495. The fraction of sp³-hybridized carbons (Fsp3) is 0.118. The van der Waals surface area contributed by atoms with E-state index in [9.17, 15) is 31.3 Å². The van der Waals surface area contributed by atoms with Crippen LogP contribution in [-0.4, -0.2) is 33.9 Å². The van der Waals surface area contributed by atoms with Gasteiger partial charge in [-0.3, -0.25) is 15.2 Å². The molecule has 6 aromatic rings. The fourth-order valence-electron chi connectivity index (χ4n) is 8.30. The summed E-state index contributed by atoms with van der Waals surface area (Å²) in [5.41, 5.74) is 7.67. The Morgan fingerprint density at radius 3 is 1.87 bits per heavy atom. The highest BCUT2D eigenvalue weighted by Crippen LogP contribution is 2.44. The van der Waals surface area contributed by atoms with Crippen molar-refractivity contribution in [3.05, 3.63) is 166 Å². The van der Waals surface area contributed by atoms with Gasteiger partial charge in [-0.25, -0.2) is 18.8 Å². The molecule has 6 aromatic carbocycles. The second-order valence-corrected chi connectivity index (χ2v) is 18.1. The lowest BCUT2D eigenvalue weighted by molar-refractivity contribution is 0.214. The average Bonchev–Trinajstić information content (AvgIpc) is 3.29. The van der Waals surface area contributed by atoms with Crippen molar-refractivity contribution in [2.45, 2.75) is 51.3 Å². The molecule has 0 saturated heterocycles. The summed E-state index contributed by atoms with van der Waals surface area (Å²) in [6.07, 6.45) is -1.46. The summed E-state index contributed by atoms with van der Waals surface area (Å²) in [7, 11) is -4.70. The van der Waals surface area contributed by atoms with Crippen LogP contribution in [0.5, 0.6) is 11.5 Å². The number of nitrogens with zero attached hydrogens (tertiary/aromatic N) is 1. The molecule has 5 N–H and O–H groups in total. The third-order valence-electron chi connectivity index (χ3n) is 11.3. The largest absolute Gasteiger partial charge is 0.456 e. The summed E-state index contributed by atoms with van der Waals surface area (Å²) >= 11 is -2.47. The molecule has 1 atom stereocenters. The number of benzene rings is 7. The van der Waals surface area contributed by atoms with E-state index in [0.717, 1.165) is 16.7 Å². The minimum Gasteiger partial charge on any atom is -0.456 e. The standard InChI is InChI=1S/C51H44N4O10S2/c1-28-25-29(2)46(54-50(56)63-36-15-9-7-10-16-36)30(3)45(28)52-34-21-23-38-41(26-34)65-42-27-35(22-24-39(42)44(38)40-19-13-14-20-43(40)67(60,61)62)53-47-31(4)48(33(6)49(32(47)5)66(58)59)55-51(57)64-37-17-11-8-12-18-37/h7-27,52H,1-6H3,(H,54,56)(H,55,57)(H,58,59)(H,60,61,62)/b53-35+. The summed E-state index contributed by atoms with van der Waals surface area (Å²) in [6.45, 7) is 10.7. The van der Waals surface area contributed by atoms with E-state index in [1.807, 2.05) is 39.0 Å². The van der Waals surface area contributed by atoms with Gasteiger partial charge in [0.2, 0.25) is 0 Å². The summed E-state index contributed by atoms with van der Waals surface area (Å²) in [4.78, 5) is 30.8. The molecule has 14 nitrogen and oxygen atoms in total. The number of amides is 2. The summed E-state index contributed by atoms with van der Waals surface area (Å²) in [5.74, 6) is 0.985. The van der Waals surface area contributed by atoms with Crippen LogP contribution in [0.2, 0.25) is 0 Å². The number of rotatable bonds is 10. The number of fused-ring (bicyclic) bond motifs is 2. The van der Waals surface area contributed by atoms with Crippen LogP contribution >= 0.6 is 0 Å². The minimum atomic E-state index is -4.70. The van der Waals surface area contributed by atoms with Gasteiger partial charge in [0.25, 0.3) is 10.1 Å². The number of anilines is 4. The highest BCUT2D eigenvalue weighted by atomic mass is 32.2. The van der Waals surface area contributed by atoms with Crippen molar-refractivity contribution in [1.29, 1.82) is 0 Å². The van der Waals surface area contributed by atoms with Crippen LogP contribution in [0.1, 0.15) is 33.4 Å². The van der Waals surface area contributed by atoms with Gasteiger partial charge in [-0.15, -0.1) is 0 Å². The van der Waals surface area contributed by atoms with Gasteiger partial charge in [0, 0.05) is 45.6 Å². The zero-order valence-electron chi connectivity index (χ0n) is 37.0. The second-order valence-electron chi connectivity index (χ2n) is 15.8. The lowest BCUT2D eigenvalue weighted by atomic mass is 9.93. The van der Waals surface area contributed by atoms with E-state index in [0.29, 0.717) is 78.4 Å². The second kappa shape index (κ2) is 18.7. The molecule has 2 aliphatic rings. The van der Waals surface area contributed by atoms with Gasteiger partial charge < -0.3 is 23.8 Å². The minimum absolute atomic E-state index is 0.0639. The maximum Gasteiger partial charge on any atom is 0.417 e. The van der Waals surface area contributed by atoms with Crippen LogP contribution in [0.25, 0.3) is 33.4 Å². The van der Waals surface area contributed by atoms with Crippen LogP contribution in [0.3, 0.4) is 0 Å². The zero-order valence-corrected chi connectivity index (χ0v) is 38.7. The smallest absolute Gasteiger partial charge is 0.417 e. The van der Waals surface area contributed by atoms with Crippen molar-refractivity contribution in [1.82, 2.24) is 0 Å². The van der Waals surface area contributed by atoms with E-state index in [2.05, 4.69) is 16.0 Å². The number of hydrogen-bond acceptors (Lipinski definition) is 10. The number of carbonyl (C=O) groups excluding carboxylic acids is 2. The van der Waals surface area contributed by atoms with Crippen LogP contribution in [0.15, 0.2) is 147 Å². The number of hydrogen-bond donors (Lipinski definition) is 5. The van der Waals surface area contributed by atoms with E-state index in [1.54, 1.807) is 118 Å². The Balaban J connectivity index is 1.26. The maximum atomic E-state index is 13.1. The zero-order chi connectivity index (χ0) is 47.7. The first-order valence-electron chi connectivity index (χ1n) is 20.8. The molecule has 0 radical (unpaired) electrons. The highest BCUT2D eigenvalue weighted by Gasteiger charge is 2.26. The molecular formula is C51H44N4O10S2. The Labute approximate surface area is 388 Å². The van der Waals surface area contributed by atoms with Gasteiger partial charge in [-0.1, -0.05) is 60.7 Å². The molecule has 0 spiro atoms. The third kappa shape index (κ3) is 9.55. The molecule has 1 heterocycles. The predicted molar refractivity (Wildman–Crippen MR) is 259 cm³/mol. The van der Waals surface area contributed by atoms with Crippen LogP contribution in [0.4, 0.5) is 38.0 Å². The molecule has 1 aliphatic carbocycles. The number of carbonyl (C=O) groups is 2. The Bertz CT molecular complexity index is 3450. The Kier molecular flexibility index (Phi) is 12.8. The van der Waals surface area contributed by atoms with Gasteiger partial charge in [0.1, 0.15) is 27.7 Å². The molecule has 0 bridgehead atoms. The summed E-state index contributed by atoms with van der Waals surface area (Å²) in [6, 6.07) is 35.7. The lowest BCUT2D eigenvalue weighted by Crippen LogP contribution is -2.19. The van der Waals surface area contributed by atoms with Gasteiger partial charge in [-0.05, 0) is 130 Å². The van der Waals surface area contributed by atoms with E-state index in [1.165, 1.54) is 12.1 Å². The molecular weight excluding hydrogens is 893 g/mol. The van der Waals surface area contributed by atoms with E-state index in [-0.39, 0.29) is 26.8 Å². The van der Waals surface area contributed by atoms with Crippen molar-refractivity contribution in [3.8, 4) is 33.9 Å². The molecule has 340 valence electrons. The topological polar surface area (TPSA) is 206 Å². The number of ether oxygens (including phenoxy) is 2. The first kappa shape index (κ1) is 45.9. The number of nitrogens with one attached hydrogen (secondary N) is 3. The molecule has 16 heteroatoms. The predicted octanol–water partition coefficient (Wildman–Crippen LogP) is 12.1. The molecule has 8 rings (SSSR count). The van der Waals surface area contributed by atoms with E-state index < -0.39 is 33.4 Å². The van der Waals surface area contributed by atoms with Crippen molar-refractivity contribution in [3.63, 3.8) is 0 Å². The molecule has 1 unspecified atom stereocenters. The summed E-state index contributed by atoms with van der Waals surface area (Å²) < 4.78 is 76.9. The highest BCUT2D eigenvalue weighted by molar-refractivity contribution is 7.86. The van der Waals surface area contributed by atoms with Gasteiger partial charge in [-0.2, -0.15) is 8.42 Å². The molecule has 0 saturated carbocycles. The third-order valence-corrected chi connectivity index (χ3v) is 13.2. The van der Waals surface area contributed by atoms with Crippen molar-refractivity contribution >= 4 is 72.8 Å². The Morgan fingerprint density at radius 1 is 0.642 bits per heavy atom. The van der Waals surface area contributed by atoms with E-state index in [4.69, 9.17) is 18.9 Å². The maximum absolute atomic E-state index is 13.1. The molecule has 1 aliphatic heterocycles. The molecule has 0 aromatic heterocycles. The number of aryl methyl sites for hydroxylation is 2. The monoisotopic (exact) mass is 936 g/mol. The Morgan fingerprint density at radius 2 is 1.24 bits per heavy atom. The van der Waals surface area contributed by atoms with Gasteiger partial charge in [0.05, 0.1) is 27.3 Å². The van der Waals surface area contributed by atoms with Crippen molar-refractivity contribution in [2.75, 3.05) is 16.0 Å². The number of para-hydroxylation sites is 2. The molecule has 2 amide bonds. The molecule has 0 fully saturated rings. The van der Waals surface area contributed by atoms with Gasteiger partial charge in [0.15, 0.2) is 11.1 Å². The first-order valence-corrected chi connectivity index (χ1v) is 23.4. The van der Waals surface area contributed by atoms with Crippen LogP contribution in [-0.2, 0) is 21.2 Å². The van der Waals surface area contributed by atoms with Crippen LogP contribution in [0, 0.1) is 41.5 Å². The normalized spacial score (nSPS) is 12.2. The van der Waals surface area contributed by atoms with Crippen LogP contribution < -0.4 is 30.8 Å². The van der Waals surface area contributed by atoms with Crippen molar-refractivity contribution in [2.24, 2.45) is 4.99 Å².